The molecule has 28 heavy (non-hydrogen) atoms. The first-order valence-electron chi connectivity index (χ1n) is 7.86. The summed E-state index contributed by atoms with van der Waals surface area (Å²) in [6.07, 6.45) is 1.21. The smallest absolute Gasteiger partial charge is 0.333 e. The number of nitro groups is 1. The molecule has 4 rings (SSSR count). The number of fused-ring (bicyclic) bond motifs is 1. The number of hydrogen-bond donors (Lipinski definition) is 2. The molecule has 0 radical (unpaired) electrons. The Morgan fingerprint density at radius 3 is 2.50 bits per heavy atom. The van der Waals surface area contributed by atoms with Gasteiger partial charge in [0.2, 0.25) is 11.6 Å². The lowest BCUT2D eigenvalue weighted by molar-refractivity contribution is -0.383. The fourth-order valence-corrected chi connectivity index (χ4v) is 3.70. The molecule has 0 fully saturated rings. The Labute approximate surface area is 172 Å². The van der Waals surface area contributed by atoms with Crippen molar-refractivity contribution >= 4 is 72.9 Å². The van der Waals surface area contributed by atoms with E-state index in [-0.39, 0.29) is 22.3 Å². The quantitative estimate of drug-likeness (QED) is 0.303. The van der Waals surface area contributed by atoms with E-state index in [9.17, 15) is 10.1 Å². The number of halogens is 2. The summed E-state index contributed by atoms with van der Waals surface area (Å²) in [6, 6.07) is 12.5. The molecule has 0 atom stereocenters. The van der Waals surface area contributed by atoms with E-state index in [1.54, 1.807) is 18.2 Å². The number of aromatic nitrogens is 3. The van der Waals surface area contributed by atoms with E-state index in [2.05, 4.69) is 25.6 Å². The highest BCUT2D eigenvalue weighted by molar-refractivity contribution is 7.22. The molecule has 0 bridgehead atoms. The van der Waals surface area contributed by atoms with E-state index >= 15 is 0 Å². The number of thiazole rings is 1. The average molecular weight is 433 g/mol. The van der Waals surface area contributed by atoms with Crippen molar-refractivity contribution in [2.24, 2.45) is 0 Å². The summed E-state index contributed by atoms with van der Waals surface area (Å²) >= 11 is 13.5. The monoisotopic (exact) mass is 432 g/mol. The van der Waals surface area contributed by atoms with E-state index in [1.807, 2.05) is 24.3 Å². The van der Waals surface area contributed by atoms with Crippen LogP contribution in [0.5, 0.6) is 0 Å². The molecule has 2 aromatic carbocycles. The van der Waals surface area contributed by atoms with Gasteiger partial charge in [-0.3, -0.25) is 10.1 Å². The number of nitrogens with one attached hydrogen (secondary N) is 2. The highest BCUT2D eigenvalue weighted by Crippen LogP contribution is 2.37. The zero-order valence-corrected chi connectivity index (χ0v) is 16.2. The van der Waals surface area contributed by atoms with Gasteiger partial charge in [-0.05, 0) is 24.3 Å². The third kappa shape index (κ3) is 3.55. The molecular weight excluding hydrogens is 423 g/mol. The van der Waals surface area contributed by atoms with Crippen molar-refractivity contribution in [2.45, 2.75) is 0 Å². The lowest BCUT2D eigenvalue weighted by Crippen LogP contribution is -2.05. The maximum atomic E-state index is 11.7. The molecule has 2 aromatic heterocycles. The lowest BCUT2D eigenvalue weighted by atomic mass is 10.3. The number of rotatable bonds is 5. The summed E-state index contributed by atoms with van der Waals surface area (Å²) in [4.78, 5) is 23.6. The second-order valence-corrected chi connectivity index (χ2v) is 7.33. The van der Waals surface area contributed by atoms with Gasteiger partial charge >= 0.3 is 5.69 Å². The molecule has 2 N–H and O–H groups in total. The van der Waals surface area contributed by atoms with E-state index in [4.69, 9.17) is 23.2 Å². The van der Waals surface area contributed by atoms with Gasteiger partial charge in [-0.1, -0.05) is 52.7 Å². The van der Waals surface area contributed by atoms with Gasteiger partial charge in [-0.2, -0.15) is 0 Å². The Hall–Kier alpha value is -3.01. The number of nitrogens with zero attached hydrogens (tertiary/aromatic N) is 4. The van der Waals surface area contributed by atoms with Crippen LogP contribution in [0.4, 0.5) is 28.1 Å². The maximum Gasteiger partial charge on any atom is 0.353 e. The Balaban J connectivity index is 1.73. The largest absolute Gasteiger partial charge is 0.353 e. The standard InChI is InChI=1S/C17H10Cl2N6O2S/c18-9-4-3-6-11(13(9)19)22-15-14(25(26)27)16(21-8-20-15)24-17-23-10-5-1-2-7-12(10)28-17/h1-8H,(H2,20,21,22,23,24). The van der Waals surface area contributed by atoms with Crippen LogP contribution >= 0.6 is 34.5 Å². The summed E-state index contributed by atoms with van der Waals surface area (Å²) in [6.45, 7) is 0. The van der Waals surface area contributed by atoms with Crippen LogP contribution in [0.25, 0.3) is 10.2 Å². The first kappa shape index (κ1) is 18.4. The van der Waals surface area contributed by atoms with Crippen molar-refractivity contribution in [3.63, 3.8) is 0 Å². The van der Waals surface area contributed by atoms with Gasteiger partial charge in [0, 0.05) is 0 Å². The molecule has 0 aliphatic rings. The number of anilines is 4. The second-order valence-electron chi connectivity index (χ2n) is 5.51. The zero-order valence-electron chi connectivity index (χ0n) is 13.9. The van der Waals surface area contributed by atoms with Crippen molar-refractivity contribution in [3.8, 4) is 0 Å². The number of para-hydroxylation sites is 1. The van der Waals surface area contributed by atoms with E-state index in [1.165, 1.54) is 17.7 Å². The van der Waals surface area contributed by atoms with Crippen LogP contribution in [-0.2, 0) is 0 Å². The van der Waals surface area contributed by atoms with Crippen molar-refractivity contribution < 1.29 is 4.92 Å². The fraction of sp³-hybridized carbons (Fsp3) is 0. The van der Waals surface area contributed by atoms with Gasteiger partial charge < -0.3 is 10.6 Å². The minimum absolute atomic E-state index is 0.0136. The third-order valence-electron chi connectivity index (χ3n) is 3.73. The second kappa shape index (κ2) is 7.55. The summed E-state index contributed by atoms with van der Waals surface area (Å²) < 4.78 is 0.950. The average Bonchev–Trinajstić information content (AvgIpc) is 3.07. The predicted molar refractivity (Wildman–Crippen MR) is 111 cm³/mol. The molecule has 140 valence electrons. The number of benzene rings is 2. The van der Waals surface area contributed by atoms with Gasteiger partial charge in [0.15, 0.2) is 5.13 Å². The van der Waals surface area contributed by atoms with Gasteiger partial charge in [0.25, 0.3) is 0 Å². The third-order valence-corrected chi connectivity index (χ3v) is 5.50. The molecule has 0 aliphatic carbocycles. The maximum absolute atomic E-state index is 11.7. The molecule has 11 heteroatoms. The summed E-state index contributed by atoms with van der Waals surface area (Å²) in [7, 11) is 0. The fourth-order valence-electron chi connectivity index (χ4n) is 2.49. The molecule has 0 saturated carbocycles. The normalized spacial score (nSPS) is 10.8. The van der Waals surface area contributed by atoms with Crippen molar-refractivity contribution in [3.05, 3.63) is 69.0 Å². The molecule has 0 aliphatic heterocycles. The van der Waals surface area contributed by atoms with Crippen molar-refractivity contribution in [1.82, 2.24) is 15.0 Å². The molecule has 0 saturated heterocycles. The van der Waals surface area contributed by atoms with Crippen molar-refractivity contribution in [2.75, 3.05) is 10.6 Å². The van der Waals surface area contributed by atoms with Crippen LogP contribution in [-0.4, -0.2) is 19.9 Å². The van der Waals surface area contributed by atoms with Crippen LogP contribution in [0, 0.1) is 10.1 Å². The summed E-state index contributed by atoms with van der Waals surface area (Å²) in [5, 5.41) is 18.5. The van der Waals surface area contributed by atoms with E-state index < -0.39 is 4.92 Å². The predicted octanol–water partition coefficient (Wildman–Crippen LogP) is 5.79. The zero-order chi connectivity index (χ0) is 19.7. The van der Waals surface area contributed by atoms with E-state index in [0.29, 0.717) is 15.8 Å². The lowest BCUT2D eigenvalue weighted by Gasteiger charge is -2.10. The van der Waals surface area contributed by atoms with Gasteiger partial charge in [-0.25, -0.2) is 15.0 Å². The van der Waals surface area contributed by atoms with Crippen molar-refractivity contribution in [1.29, 1.82) is 0 Å². The van der Waals surface area contributed by atoms with Crippen LogP contribution < -0.4 is 10.6 Å². The Morgan fingerprint density at radius 2 is 1.75 bits per heavy atom. The first-order valence-corrected chi connectivity index (χ1v) is 9.43. The first-order chi connectivity index (χ1) is 13.5. The highest BCUT2D eigenvalue weighted by Gasteiger charge is 2.24. The molecule has 4 aromatic rings. The van der Waals surface area contributed by atoms with Gasteiger partial charge in [0.05, 0.1) is 30.9 Å². The topological polar surface area (TPSA) is 106 Å². The van der Waals surface area contributed by atoms with Crippen LogP contribution in [0.2, 0.25) is 10.0 Å². The van der Waals surface area contributed by atoms with Gasteiger partial charge in [-0.15, -0.1) is 0 Å². The molecule has 8 nitrogen and oxygen atoms in total. The molecule has 0 amide bonds. The van der Waals surface area contributed by atoms with Gasteiger partial charge in [0.1, 0.15) is 6.33 Å². The molecule has 0 unspecified atom stereocenters. The summed E-state index contributed by atoms with van der Waals surface area (Å²) in [5.74, 6) is -0.00696. The minimum Gasteiger partial charge on any atom is -0.333 e. The van der Waals surface area contributed by atoms with Crippen LogP contribution in [0.3, 0.4) is 0 Å². The molecular formula is C17H10Cl2N6O2S. The Kier molecular flexibility index (Phi) is 4.95. The van der Waals surface area contributed by atoms with Crippen LogP contribution in [0.15, 0.2) is 48.8 Å². The molecule has 2 heterocycles. The summed E-state index contributed by atoms with van der Waals surface area (Å²) in [5.41, 5.74) is 0.843. The Bertz CT molecular complexity index is 1170. The Morgan fingerprint density at radius 1 is 1.00 bits per heavy atom. The molecule has 0 spiro atoms. The highest BCUT2D eigenvalue weighted by atomic mass is 35.5. The SMILES string of the molecule is O=[N+]([O-])c1c(Nc2nc3ccccc3s2)ncnc1Nc1cccc(Cl)c1Cl. The van der Waals surface area contributed by atoms with Crippen LogP contribution in [0.1, 0.15) is 0 Å². The van der Waals surface area contributed by atoms with E-state index in [0.717, 1.165) is 10.2 Å². The number of hydrogen-bond acceptors (Lipinski definition) is 8. The minimum atomic E-state index is -0.573.